The first-order chi connectivity index (χ1) is 11.8. The second kappa shape index (κ2) is 8.11. The summed E-state index contributed by atoms with van der Waals surface area (Å²) in [6.07, 6.45) is 0. The third-order valence-corrected chi connectivity index (χ3v) is 4.60. The van der Waals surface area contributed by atoms with Crippen molar-refractivity contribution in [3.63, 3.8) is 0 Å². The molecule has 0 aliphatic rings. The standard InChI is InChI=1S/C16H15ClN2O5S/c1-2-24-16(21)12-5-9-14(10-6-12)25(22,23)19-18-15(20)11-3-7-13(17)8-4-11/h3-10,19H,2H2,1H3,(H,18,20). The molecule has 0 heterocycles. The number of carbonyl (C=O) groups excluding carboxylic acids is 2. The second-order valence-corrected chi connectivity index (χ2v) is 6.93. The first-order valence-electron chi connectivity index (χ1n) is 7.18. The highest BCUT2D eigenvalue weighted by atomic mass is 35.5. The first kappa shape index (κ1) is 18.9. The minimum atomic E-state index is -3.99. The molecule has 9 heteroatoms. The van der Waals surface area contributed by atoms with Crippen molar-refractivity contribution in [3.05, 3.63) is 64.7 Å². The molecule has 0 unspecified atom stereocenters. The summed E-state index contributed by atoms with van der Waals surface area (Å²) in [6.45, 7) is 1.89. The van der Waals surface area contributed by atoms with Crippen LogP contribution in [0, 0.1) is 0 Å². The van der Waals surface area contributed by atoms with Gasteiger partial charge >= 0.3 is 5.97 Å². The number of sulfonamides is 1. The van der Waals surface area contributed by atoms with E-state index in [2.05, 4.69) is 5.43 Å². The van der Waals surface area contributed by atoms with Gasteiger partial charge in [0.05, 0.1) is 17.1 Å². The van der Waals surface area contributed by atoms with Crippen LogP contribution in [0.1, 0.15) is 27.6 Å². The maximum Gasteiger partial charge on any atom is 0.338 e. The Morgan fingerprint density at radius 3 is 2.12 bits per heavy atom. The van der Waals surface area contributed by atoms with Gasteiger partial charge in [0, 0.05) is 10.6 Å². The van der Waals surface area contributed by atoms with E-state index in [4.69, 9.17) is 16.3 Å². The lowest BCUT2D eigenvalue weighted by molar-refractivity contribution is 0.0526. The van der Waals surface area contributed by atoms with Crippen molar-refractivity contribution >= 4 is 33.5 Å². The van der Waals surface area contributed by atoms with Crippen molar-refractivity contribution in [1.29, 1.82) is 0 Å². The van der Waals surface area contributed by atoms with Crippen LogP contribution in [0.25, 0.3) is 0 Å². The first-order valence-corrected chi connectivity index (χ1v) is 9.04. The van der Waals surface area contributed by atoms with Gasteiger partial charge in [0.2, 0.25) is 0 Å². The number of rotatable bonds is 6. The summed E-state index contributed by atoms with van der Waals surface area (Å²) in [4.78, 5) is 25.3. The molecule has 7 nitrogen and oxygen atoms in total. The molecular weight excluding hydrogens is 368 g/mol. The zero-order chi connectivity index (χ0) is 18.4. The number of halogens is 1. The Labute approximate surface area is 150 Å². The summed E-state index contributed by atoms with van der Waals surface area (Å²) in [7, 11) is -3.99. The normalized spacial score (nSPS) is 11.0. The quantitative estimate of drug-likeness (QED) is 0.588. The Kier molecular flexibility index (Phi) is 6.13. The number of esters is 1. The molecule has 0 spiro atoms. The average molecular weight is 383 g/mol. The Bertz CT molecular complexity index is 864. The van der Waals surface area contributed by atoms with Crippen LogP contribution in [0.3, 0.4) is 0 Å². The molecule has 2 rings (SSSR count). The molecule has 0 saturated heterocycles. The summed E-state index contributed by atoms with van der Waals surface area (Å²) in [5.41, 5.74) is 2.57. The van der Waals surface area contributed by atoms with Crippen LogP contribution in [-0.4, -0.2) is 26.9 Å². The topological polar surface area (TPSA) is 102 Å². The lowest BCUT2D eigenvalue weighted by Crippen LogP contribution is -2.41. The SMILES string of the molecule is CCOC(=O)c1ccc(S(=O)(=O)NNC(=O)c2ccc(Cl)cc2)cc1. The highest BCUT2D eigenvalue weighted by Crippen LogP contribution is 2.12. The predicted molar refractivity (Wildman–Crippen MR) is 91.6 cm³/mol. The van der Waals surface area contributed by atoms with E-state index in [1.165, 1.54) is 48.5 Å². The maximum atomic E-state index is 12.2. The zero-order valence-corrected chi connectivity index (χ0v) is 14.7. The van der Waals surface area contributed by atoms with E-state index in [0.29, 0.717) is 5.02 Å². The molecule has 1 amide bonds. The molecule has 0 aliphatic carbocycles. The molecule has 0 bridgehead atoms. The molecule has 2 aromatic rings. The second-order valence-electron chi connectivity index (χ2n) is 4.81. The van der Waals surface area contributed by atoms with Crippen LogP contribution in [0.5, 0.6) is 0 Å². The van der Waals surface area contributed by atoms with Crippen molar-refractivity contribution < 1.29 is 22.7 Å². The summed E-state index contributed by atoms with van der Waals surface area (Å²) < 4.78 is 29.2. The molecule has 0 aliphatic heterocycles. The Morgan fingerprint density at radius 1 is 1.00 bits per heavy atom. The number of amides is 1. The van der Waals surface area contributed by atoms with E-state index in [1.54, 1.807) is 6.92 Å². The predicted octanol–water partition coefficient (Wildman–Crippen LogP) is 2.14. The lowest BCUT2D eigenvalue weighted by atomic mass is 10.2. The van der Waals surface area contributed by atoms with Gasteiger partial charge in [-0.15, -0.1) is 4.83 Å². The van der Waals surface area contributed by atoms with Crippen LogP contribution in [0.15, 0.2) is 53.4 Å². The van der Waals surface area contributed by atoms with Gasteiger partial charge in [0.1, 0.15) is 0 Å². The number of benzene rings is 2. The molecule has 0 aromatic heterocycles. The molecule has 132 valence electrons. The monoisotopic (exact) mass is 382 g/mol. The molecule has 0 saturated carbocycles. The molecule has 2 aromatic carbocycles. The Hall–Kier alpha value is -2.42. The number of hydrogen-bond acceptors (Lipinski definition) is 5. The largest absolute Gasteiger partial charge is 0.462 e. The summed E-state index contributed by atoms with van der Waals surface area (Å²) in [5.74, 6) is -1.18. The lowest BCUT2D eigenvalue weighted by Gasteiger charge is -2.09. The van der Waals surface area contributed by atoms with E-state index in [-0.39, 0.29) is 22.6 Å². The fourth-order valence-corrected chi connectivity index (χ4v) is 2.80. The molecular formula is C16H15ClN2O5S. The molecule has 0 radical (unpaired) electrons. The molecule has 2 N–H and O–H groups in total. The summed E-state index contributed by atoms with van der Waals surface area (Å²) in [5, 5.41) is 0.457. The van der Waals surface area contributed by atoms with Crippen molar-refractivity contribution in [2.75, 3.05) is 6.61 Å². The van der Waals surface area contributed by atoms with Gasteiger partial charge in [-0.05, 0) is 55.5 Å². The summed E-state index contributed by atoms with van der Waals surface area (Å²) in [6, 6.07) is 11.1. The van der Waals surface area contributed by atoms with Crippen LogP contribution in [-0.2, 0) is 14.8 Å². The third-order valence-electron chi connectivity index (χ3n) is 3.08. The molecule has 0 atom stereocenters. The average Bonchev–Trinajstić information content (AvgIpc) is 2.61. The van der Waals surface area contributed by atoms with E-state index >= 15 is 0 Å². The van der Waals surface area contributed by atoms with Crippen molar-refractivity contribution in [2.45, 2.75) is 11.8 Å². The van der Waals surface area contributed by atoms with Gasteiger partial charge in [0.25, 0.3) is 15.9 Å². The Balaban J connectivity index is 2.04. The van der Waals surface area contributed by atoms with Gasteiger partial charge in [0.15, 0.2) is 0 Å². The van der Waals surface area contributed by atoms with Crippen LogP contribution in [0.4, 0.5) is 0 Å². The number of hydrogen-bond donors (Lipinski definition) is 2. The van der Waals surface area contributed by atoms with Gasteiger partial charge in [-0.25, -0.2) is 13.2 Å². The van der Waals surface area contributed by atoms with Gasteiger partial charge in [-0.2, -0.15) is 0 Å². The smallest absolute Gasteiger partial charge is 0.338 e. The van der Waals surface area contributed by atoms with Crippen LogP contribution < -0.4 is 10.3 Å². The number of nitrogens with one attached hydrogen (secondary N) is 2. The fraction of sp³-hybridized carbons (Fsp3) is 0.125. The Morgan fingerprint density at radius 2 is 1.56 bits per heavy atom. The minimum Gasteiger partial charge on any atom is -0.462 e. The zero-order valence-electron chi connectivity index (χ0n) is 13.2. The minimum absolute atomic E-state index is 0.114. The van der Waals surface area contributed by atoms with E-state index in [1.807, 2.05) is 4.83 Å². The summed E-state index contributed by atoms with van der Waals surface area (Å²) >= 11 is 5.72. The fourth-order valence-electron chi connectivity index (χ4n) is 1.83. The molecule has 25 heavy (non-hydrogen) atoms. The van der Waals surface area contributed by atoms with E-state index < -0.39 is 21.9 Å². The van der Waals surface area contributed by atoms with Gasteiger partial charge in [-0.1, -0.05) is 11.6 Å². The van der Waals surface area contributed by atoms with Gasteiger partial charge < -0.3 is 4.74 Å². The molecule has 0 fully saturated rings. The van der Waals surface area contributed by atoms with Gasteiger partial charge in [-0.3, -0.25) is 10.2 Å². The number of carbonyl (C=O) groups is 2. The highest BCUT2D eigenvalue weighted by Gasteiger charge is 2.17. The van der Waals surface area contributed by atoms with Crippen molar-refractivity contribution in [1.82, 2.24) is 10.3 Å². The number of hydrazine groups is 1. The maximum absolute atomic E-state index is 12.2. The van der Waals surface area contributed by atoms with Crippen molar-refractivity contribution in [3.8, 4) is 0 Å². The number of ether oxygens (including phenoxy) is 1. The van der Waals surface area contributed by atoms with Crippen LogP contribution in [0.2, 0.25) is 5.02 Å². The highest BCUT2D eigenvalue weighted by molar-refractivity contribution is 7.89. The third kappa shape index (κ3) is 5.02. The van der Waals surface area contributed by atoms with E-state index in [9.17, 15) is 18.0 Å². The van der Waals surface area contributed by atoms with Crippen molar-refractivity contribution in [2.24, 2.45) is 0 Å². The van der Waals surface area contributed by atoms with Crippen LogP contribution >= 0.6 is 11.6 Å². The van der Waals surface area contributed by atoms with E-state index in [0.717, 1.165) is 0 Å².